The highest BCUT2D eigenvalue weighted by Gasteiger charge is 2.54. The number of carbonyl (C=O) groups excluding carboxylic acids is 1. The first kappa shape index (κ1) is 16.9. The molecule has 5 heteroatoms. The number of hydrogen-bond donors (Lipinski definition) is 0. The summed E-state index contributed by atoms with van der Waals surface area (Å²) >= 11 is 0. The molecule has 1 aliphatic heterocycles. The summed E-state index contributed by atoms with van der Waals surface area (Å²) in [6, 6.07) is 5.87. The lowest BCUT2D eigenvalue weighted by molar-refractivity contribution is -0.134. The minimum atomic E-state index is -4.38. The highest BCUT2D eigenvalue weighted by molar-refractivity contribution is 6.08. The van der Waals surface area contributed by atoms with Crippen LogP contribution in [0.1, 0.15) is 63.0 Å². The molecule has 0 bridgehead atoms. The van der Waals surface area contributed by atoms with Crippen molar-refractivity contribution in [1.82, 2.24) is 0 Å². The van der Waals surface area contributed by atoms with Crippen LogP contribution in [-0.4, -0.2) is 18.6 Å². The molecule has 2 atom stereocenters. The average Bonchev–Trinajstić information content (AvgIpc) is 3.15. The van der Waals surface area contributed by atoms with Crippen molar-refractivity contribution in [3.05, 3.63) is 29.3 Å². The lowest BCUT2D eigenvalue weighted by atomic mass is 9.79. The summed E-state index contributed by atoms with van der Waals surface area (Å²) in [5.74, 6) is 1.26. The van der Waals surface area contributed by atoms with Crippen LogP contribution in [0, 0.1) is 11.8 Å². The van der Waals surface area contributed by atoms with Gasteiger partial charge in [0.05, 0.1) is 5.41 Å². The van der Waals surface area contributed by atoms with E-state index in [1.807, 2.05) is 12.1 Å². The summed E-state index contributed by atoms with van der Waals surface area (Å²) in [6.45, 7) is 3.19. The average molecular weight is 351 g/mol. The molecule has 1 amide bonds. The summed E-state index contributed by atoms with van der Waals surface area (Å²) in [6.07, 6.45) is -0.132. The molecule has 4 rings (SSSR count). The van der Waals surface area contributed by atoms with E-state index < -0.39 is 18.1 Å². The molecule has 0 saturated heterocycles. The Balaban J connectivity index is 1.74. The molecule has 0 unspecified atom stereocenters. The summed E-state index contributed by atoms with van der Waals surface area (Å²) in [7, 11) is 0. The molecule has 2 fully saturated rings. The molecule has 3 aliphatic rings. The number of carbonyl (C=O) groups is 1. The first-order valence-corrected chi connectivity index (χ1v) is 9.26. The predicted molar refractivity (Wildman–Crippen MR) is 90.7 cm³/mol. The first-order chi connectivity index (χ1) is 11.7. The number of fused-ring (bicyclic) bond motifs is 2. The maximum absolute atomic E-state index is 13.1. The van der Waals surface area contributed by atoms with E-state index in [4.69, 9.17) is 0 Å². The Kier molecular flexibility index (Phi) is 3.71. The number of halogens is 3. The molecule has 1 aromatic rings. The van der Waals surface area contributed by atoms with Crippen molar-refractivity contribution < 1.29 is 18.0 Å². The SMILES string of the molecule is CC(C)[C@H]1C[C@@H]1c1ccc2c(c1)N(CC(F)(F)F)C(=O)C21CCCC1. The van der Waals surface area contributed by atoms with E-state index in [-0.39, 0.29) is 5.91 Å². The van der Waals surface area contributed by atoms with E-state index in [1.54, 1.807) is 0 Å². The van der Waals surface area contributed by atoms with Crippen molar-refractivity contribution >= 4 is 11.6 Å². The van der Waals surface area contributed by atoms with Gasteiger partial charge in [0.15, 0.2) is 0 Å². The van der Waals surface area contributed by atoms with Gasteiger partial charge in [-0.2, -0.15) is 13.2 Å². The number of alkyl halides is 3. The van der Waals surface area contributed by atoms with Crippen LogP contribution < -0.4 is 4.90 Å². The van der Waals surface area contributed by atoms with Crippen molar-refractivity contribution in [2.75, 3.05) is 11.4 Å². The van der Waals surface area contributed by atoms with Crippen LogP contribution in [0.25, 0.3) is 0 Å². The van der Waals surface area contributed by atoms with Crippen LogP contribution in [0.3, 0.4) is 0 Å². The predicted octanol–water partition coefficient (Wildman–Crippen LogP) is 5.17. The zero-order chi connectivity index (χ0) is 18.0. The lowest BCUT2D eigenvalue weighted by Gasteiger charge is -2.24. The minimum absolute atomic E-state index is 0.342. The number of nitrogens with zero attached hydrogens (tertiary/aromatic N) is 1. The highest BCUT2D eigenvalue weighted by Crippen LogP contribution is 2.56. The fourth-order valence-corrected chi connectivity index (χ4v) is 5.02. The molecule has 1 aromatic carbocycles. The molecule has 0 radical (unpaired) electrons. The maximum Gasteiger partial charge on any atom is 0.406 e. The van der Waals surface area contributed by atoms with Crippen LogP contribution in [0.4, 0.5) is 18.9 Å². The zero-order valence-corrected chi connectivity index (χ0v) is 14.7. The van der Waals surface area contributed by atoms with Crippen LogP contribution in [0.15, 0.2) is 18.2 Å². The second-order valence-corrected chi connectivity index (χ2v) is 8.32. The van der Waals surface area contributed by atoms with Crippen molar-refractivity contribution in [2.24, 2.45) is 11.8 Å². The third-order valence-electron chi connectivity index (χ3n) is 6.40. The Hall–Kier alpha value is -1.52. The molecular formula is C20H24F3NO. The van der Waals surface area contributed by atoms with Gasteiger partial charge < -0.3 is 4.90 Å². The van der Waals surface area contributed by atoms with Gasteiger partial charge in [-0.1, -0.05) is 38.8 Å². The molecule has 2 nitrogen and oxygen atoms in total. The Morgan fingerprint density at radius 1 is 1.24 bits per heavy atom. The molecule has 1 spiro atoms. The van der Waals surface area contributed by atoms with E-state index in [1.165, 1.54) is 0 Å². The summed E-state index contributed by atoms with van der Waals surface area (Å²) in [5.41, 5.74) is 1.72. The Bertz CT molecular complexity index is 703. The maximum atomic E-state index is 13.1. The van der Waals surface area contributed by atoms with Gasteiger partial charge >= 0.3 is 6.18 Å². The Labute approximate surface area is 146 Å². The third-order valence-corrected chi connectivity index (χ3v) is 6.40. The van der Waals surface area contributed by atoms with E-state index in [0.29, 0.717) is 36.3 Å². The van der Waals surface area contributed by atoms with Gasteiger partial charge in [-0.25, -0.2) is 0 Å². The van der Waals surface area contributed by atoms with Crippen molar-refractivity contribution in [1.29, 1.82) is 0 Å². The number of amides is 1. The summed E-state index contributed by atoms with van der Waals surface area (Å²) in [4.78, 5) is 14.0. The van der Waals surface area contributed by atoms with Crippen molar-refractivity contribution in [3.8, 4) is 0 Å². The van der Waals surface area contributed by atoms with Crippen LogP contribution in [-0.2, 0) is 10.2 Å². The van der Waals surface area contributed by atoms with E-state index in [2.05, 4.69) is 19.9 Å². The normalized spacial score (nSPS) is 27.4. The number of benzene rings is 1. The second-order valence-electron chi connectivity index (χ2n) is 8.32. The Morgan fingerprint density at radius 2 is 1.92 bits per heavy atom. The molecule has 1 heterocycles. The lowest BCUT2D eigenvalue weighted by Crippen LogP contribution is -2.43. The van der Waals surface area contributed by atoms with Crippen molar-refractivity contribution in [3.63, 3.8) is 0 Å². The van der Waals surface area contributed by atoms with E-state index >= 15 is 0 Å². The number of hydrogen-bond acceptors (Lipinski definition) is 1. The molecule has 25 heavy (non-hydrogen) atoms. The summed E-state index contributed by atoms with van der Waals surface area (Å²) in [5, 5.41) is 0. The first-order valence-electron chi connectivity index (χ1n) is 9.26. The largest absolute Gasteiger partial charge is 0.406 e. The van der Waals surface area contributed by atoms with Crippen LogP contribution in [0.5, 0.6) is 0 Å². The van der Waals surface area contributed by atoms with Gasteiger partial charge in [0.1, 0.15) is 6.54 Å². The molecular weight excluding hydrogens is 327 g/mol. The van der Waals surface area contributed by atoms with Gasteiger partial charge in [0.2, 0.25) is 5.91 Å². The van der Waals surface area contributed by atoms with Gasteiger partial charge in [-0.05, 0) is 54.2 Å². The molecule has 2 saturated carbocycles. The number of rotatable bonds is 3. The van der Waals surface area contributed by atoms with Gasteiger partial charge in [-0.15, -0.1) is 0 Å². The molecule has 136 valence electrons. The quantitative estimate of drug-likeness (QED) is 0.736. The number of anilines is 1. The van der Waals surface area contributed by atoms with Crippen LogP contribution in [0.2, 0.25) is 0 Å². The molecule has 2 aliphatic carbocycles. The van der Waals surface area contributed by atoms with Gasteiger partial charge in [0.25, 0.3) is 0 Å². The minimum Gasteiger partial charge on any atom is -0.302 e. The smallest absolute Gasteiger partial charge is 0.302 e. The second kappa shape index (κ2) is 5.49. The topological polar surface area (TPSA) is 20.3 Å². The third kappa shape index (κ3) is 2.67. The van der Waals surface area contributed by atoms with Crippen LogP contribution >= 0.6 is 0 Å². The van der Waals surface area contributed by atoms with E-state index in [9.17, 15) is 18.0 Å². The van der Waals surface area contributed by atoms with E-state index in [0.717, 1.165) is 35.3 Å². The van der Waals surface area contributed by atoms with Gasteiger partial charge in [-0.3, -0.25) is 4.79 Å². The fourth-order valence-electron chi connectivity index (χ4n) is 5.02. The fraction of sp³-hybridized carbons (Fsp3) is 0.650. The van der Waals surface area contributed by atoms with Crippen molar-refractivity contribution in [2.45, 2.75) is 63.5 Å². The standard InChI is InChI=1S/C20H24F3NO/c1-12(2)14-10-15(14)13-5-6-16-17(9-13)24(11-20(21,22)23)18(25)19(16)7-3-4-8-19/h5-6,9,12,14-15H,3-4,7-8,10-11H2,1-2H3/t14-,15-/m1/s1. The summed E-state index contributed by atoms with van der Waals surface area (Å²) < 4.78 is 39.3. The zero-order valence-electron chi connectivity index (χ0n) is 14.7. The monoisotopic (exact) mass is 351 g/mol. The molecule has 0 aromatic heterocycles. The highest BCUT2D eigenvalue weighted by atomic mass is 19.4. The Morgan fingerprint density at radius 3 is 2.48 bits per heavy atom. The molecule has 0 N–H and O–H groups in total. The van der Waals surface area contributed by atoms with Gasteiger partial charge in [0, 0.05) is 5.69 Å².